The fourth-order valence-corrected chi connectivity index (χ4v) is 2.35. The van der Waals surface area contributed by atoms with Crippen LogP contribution in [0.3, 0.4) is 0 Å². The normalized spacial score (nSPS) is 32.5. The summed E-state index contributed by atoms with van der Waals surface area (Å²) in [6.45, 7) is 2.98. The van der Waals surface area contributed by atoms with Crippen LogP contribution in [-0.2, 0) is 4.74 Å². The summed E-state index contributed by atoms with van der Waals surface area (Å²) in [5.74, 6) is 0.860. The molecule has 0 heterocycles. The maximum Gasteiger partial charge on any atom is 0.0690 e. The Morgan fingerprint density at radius 2 is 2.07 bits per heavy atom. The highest BCUT2D eigenvalue weighted by Crippen LogP contribution is 2.41. The van der Waals surface area contributed by atoms with Crippen molar-refractivity contribution in [1.82, 2.24) is 0 Å². The molecule has 0 aromatic heterocycles. The van der Waals surface area contributed by atoms with Crippen LogP contribution in [0.15, 0.2) is 0 Å². The third-order valence-corrected chi connectivity index (χ3v) is 3.66. The maximum absolute atomic E-state index is 9.22. The van der Waals surface area contributed by atoms with Crippen LogP contribution < -0.4 is 0 Å². The van der Waals surface area contributed by atoms with Crippen molar-refractivity contribution in [2.45, 2.75) is 45.4 Å². The summed E-state index contributed by atoms with van der Waals surface area (Å²) in [7, 11) is 1.71. The molecule has 80 valence electrons. The highest BCUT2D eigenvalue weighted by atomic mass is 16.5. The van der Waals surface area contributed by atoms with Gasteiger partial charge >= 0.3 is 0 Å². The lowest BCUT2D eigenvalue weighted by Crippen LogP contribution is -2.27. The van der Waals surface area contributed by atoms with Gasteiger partial charge in [-0.1, -0.05) is 13.3 Å². The minimum absolute atomic E-state index is 0.0678. The highest BCUT2D eigenvalue weighted by Gasteiger charge is 2.34. The van der Waals surface area contributed by atoms with E-state index in [1.54, 1.807) is 7.11 Å². The number of hydrogen-bond acceptors (Lipinski definition) is 2. The number of nitriles is 1. The van der Waals surface area contributed by atoms with Crippen molar-refractivity contribution in [1.29, 1.82) is 5.26 Å². The zero-order chi connectivity index (χ0) is 10.4. The first-order valence-electron chi connectivity index (χ1n) is 5.66. The molecule has 0 saturated heterocycles. The Hall–Kier alpha value is -0.550. The summed E-state index contributed by atoms with van der Waals surface area (Å²) >= 11 is 0. The molecule has 1 aliphatic rings. The van der Waals surface area contributed by atoms with E-state index in [-0.39, 0.29) is 5.41 Å². The van der Waals surface area contributed by atoms with Crippen LogP contribution in [0, 0.1) is 22.7 Å². The van der Waals surface area contributed by atoms with Gasteiger partial charge in [-0.25, -0.2) is 0 Å². The van der Waals surface area contributed by atoms with Gasteiger partial charge in [-0.3, -0.25) is 0 Å². The summed E-state index contributed by atoms with van der Waals surface area (Å²) < 4.78 is 5.07. The van der Waals surface area contributed by atoms with E-state index in [0.717, 1.165) is 31.8 Å². The van der Waals surface area contributed by atoms with Crippen LogP contribution in [-0.4, -0.2) is 13.7 Å². The summed E-state index contributed by atoms with van der Waals surface area (Å²) in [4.78, 5) is 0. The smallest absolute Gasteiger partial charge is 0.0690 e. The van der Waals surface area contributed by atoms with E-state index in [4.69, 9.17) is 4.74 Å². The predicted molar refractivity (Wildman–Crippen MR) is 56.8 cm³/mol. The molecule has 0 aromatic carbocycles. The SMILES string of the molecule is CCC1CCC(C#N)(CCOC)CC1. The number of methoxy groups -OCH3 is 1. The molecular formula is C12H21NO. The molecule has 0 unspecified atom stereocenters. The van der Waals surface area contributed by atoms with Gasteiger partial charge in [0.1, 0.15) is 0 Å². The Morgan fingerprint density at radius 1 is 1.43 bits per heavy atom. The van der Waals surface area contributed by atoms with E-state index in [1.807, 2.05) is 0 Å². The van der Waals surface area contributed by atoms with E-state index in [9.17, 15) is 5.26 Å². The van der Waals surface area contributed by atoms with Gasteiger partial charge < -0.3 is 4.74 Å². The lowest BCUT2D eigenvalue weighted by molar-refractivity contribution is 0.123. The van der Waals surface area contributed by atoms with Gasteiger partial charge in [-0.15, -0.1) is 0 Å². The van der Waals surface area contributed by atoms with Crippen LogP contribution in [0.1, 0.15) is 45.4 Å². The second-order valence-corrected chi connectivity index (χ2v) is 4.49. The van der Waals surface area contributed by atoms with Crippen LogP contribution in [0.4, 0.5) is 0 Å². The number of hydrogen-bond donors (Lipinski definition) is 0. The second-order valence-electron chi connectivity index (χ2n) is 4.49. The number of ether oxygens (including phenoxy) is 1. The zero-order valence-electron chi connectivity index (χ0n) is 9.38. The van der Waals surface area contributed by atoms with Crippen LogP contribution in [0.5, 0.6) is 0 Å². The van der Waals surface area contributed by atoms with Gasteiger partial charge in [-0.05, 0) is 38.0 Å². The Labute approximate surface area is 87.3 Å². The minimum atomic E-state index is -0.0678. The van der Waals surface area contributed by atoms with Crippen molar-refractivity contribution in [2.75, 3.05) is 13.7 Å². The topological polar surface area (TPSA) is 33.0 Å². The molecule has 0 aromatic rings. The van der Waals surface area contributed by atoms with Crippen LogP contribution in [0.2, 0.25) is 0 Å². The third kappa shape index (κ3) is 2.72. The molecule has 0 bridgehead atoms. The number of nitrogens with zero attached hydrogens (tertiary/aromatic N) is 1. The van der Waals surface area contributed by atoms with Gasteiger partial charge in [-0.2, -0.15) is 5.26 Å². The molecule has 1 rings (SSSR count). The van der Waals surface area contributed by atoms with Gasteiger partial charge in [0.25, 0.3) is 0 Å². The molecule has 0 amide bonds. The Bertz CT molecular complexity index is 199. The molecule has 1 aliphatic carbocycles. The highest BCUT2D eigenvalue weighted by molar-refractivity contribution is 5.01. The van der Waals surface area contributed by atoms with E-state index in [0.29, 0.717) is 0 Å². The van der Waals surface area contributed by atoms with Gasteiger partial charge in [0, 0.05) is 13.7 Å². The van der Waals surface area contributed by atoms with E-state index in [2.05, 4.69) is 13.0 Å². The van der Waals surface area contributed by atoms with E-state index in [1.165, 1.54) is 19.3 Å². The average molecular weight is 195 g/mol. The van der Waals surface area contributed by atoms with Crippen molar-refractivity contribution >= 4 is 0 Å². The van der Waals surface area contributed by atoms with Crippen LogP contribution >= 0.6 is 0 Å². The molecule has 0 N–H and O–H groups in total. The molecule has 0 atom stereocenters. The molecule has 14 heavy (non-hydrogen) atoms. The first-order valence-corrected chi connectivity index (χ1v) is 5.66. The molecular weight excluding hydrogens is 174 g/mol. The monoisotopic (exact) mass is 195 g/mol. The summed E-state index contributed by atoms with van der Waals surface area (Å²) in [5.41, 5.74) is -0.0678. The molecule has 1 fully saturated rings. The molecule has 0 radical (unpaired) electrons. The summed E-state index contributed by atoms with van der Waals surface area (Å²) in [6.07, 6.45) is 6.79. The molecule has 2 nitrogen and oxygen atoms in total. The van der Waals surface area contributed by atoms with Crippen molar-refractivity contribution in [3.8, 4) is 6.07 Å². The molecule has 0 spiro atoms. The van der Waals surface area contributed by atoms with Crippen molar-refractivity contribution in [3.05, 3.63) is 0 Å². The summed E-state index contributed by atoms with van der Waals surface area (Å²) in [6, 6.07) is 2.52. The average Bonchev–Trinajstić information content (AvgIpc) is 2.27. The van der Waals surface area contributed by atoms with E-state index < -0.39 is 0 Å². The first kappa shape index (κ1) is 11.5. The van der Waals surface area contributed by atoms with Gasteiger partial charge in [0.2, 0.25) is 0 Å². The minimum Gasteiger partial charge on any atom is -0.385 e. The third-order valence-electron chi connectivity index (χ3n) is 3.66. The summed E-state index contributed by atoms with van der Waals surface area (Å²) in [5, 5.41) is 9.22. The fourth-order valence-electron chi connectivity index (χ4n) is 2.35. The second kappa shape index (κ2) is 5.36. The zero-order valence-corrected chi connectivity index (χ0v) is 9.38. The standard InChI is InChI=1S/C12H21NO/c1-3-11-4-6-12(10-13,7-5-11)8-9-14-2/h11H,3-9H2,1-2H3. The fraction of sp³-hybridized carbons (Fsp3) is 0.917. The van der Waals surface area contributed by atoms with Crippen molar-refractivity contribution in [3.63, 3.8) is 0 Å². The van der Waals surface area contributed by atoms with E-state index >= 15 is 0 Å². The molecule has 1 saturated carbocycles. The lowest BCUT2D eigenvalue weighted by atomic mass is 9.69. The Kier molecular flexibility index (Phi) is 4.41. The lowest BCUT2D eigenvalue weighted by Gasteiger charge is -2.34. The number of rotatable bonds is 4. The quantitative estimate of drug-likeness (QED) is 0.690. The van der Waals surface area contributed by atoms with Gasteiger partial charge in [0.05, 0.1) is 11.5 Å². The molecule has 2 heteroatoms. The van der Waals surface area contributed by atoms with Gasteiger partial charge in [0.15, 0.2) is 0 Å². The Balaban J connectivity index is 2.45. The first-order chi connectivity index (χ1) is 6.76. The largest absolute Gasteiger partial charge is 0.385 e. The molecule has 0 aliphatic heterocycles. The van der Waals surface area contributed by atoms with Crippen molar-refractivity contribution < 1.29 is 4.74 Å². The van der Waals surface area contributed by atoms with Crippen LogP contribution in [0.25, 0.3) is 0 Å². The maximum atomic E-state index is 9.22. The predicted octanol–water partition coefficient (Wildman–Crippen LogP) is 3.13. The Morgan fingerprint density at radius 3 is 2.50 bits per heavy atom. The van der Waals surface area contributed by atoms with Crippen molar-refractivity contribution in [2.24, 2.45) is 11.3 Å².